The normalized spacial score (nSPS) is 29.0. The van der Waals surface area contributed by atoms with Crippen molar-refractivity contribution in [1.29, 1.82) is 0 Å². The molecule has 3 aliphatic heterocycles. The van der Waals surface area contributed by atoms with Crippen LogP contribution in [0.4, 0.5) is 0 Å². The van der Waals surface area contributed by atoms with Gasteiger partial charge in [-0.15, -0.1) is 0 Å². The first-order valence-electron chi connectivity index (χ1n) is 16.9. The predicted octanol–water partition coefficient (Wildman–Crippen LogP) is 4.96. The molecule has 19 heteroatoms. The van der Waals surface area contributed by atoms with Crippen molar-refractivity contribution in [1.82, 2.24) is 4.90 Å². The second kappa shape index (κ2) is 18.0. The molecule has 3 aliphatic rings. The Labute approximate surface area is 308 Å². The van der Waals surface area contributed by atoms with Crippen LogP contribution in [0.5, 0.6) is 0 Å². The smallest absolute Gasteiger partial charge is 0.261 e. The molecule has 0 saturated carbocycles. The van der Waals surface area contributed by atoms with Gasteiger partial charge >= 0.3 is 0 Å². The first-order chi connectivity index (χ1) is 26.4. The number of hydrogen-bond acceptors (Lipinski definition) is 12. The van der Waals surface area contributed by atoms with Crippen molar-refractivity contribution >= 4 is 11.8 Å². The lowest BCUT2D eigenvalue weighted by molar-refractivity contribution is -0.327. The number of aliphatic hydroxyl groups is 1. The van der Waals surface area contributed by atoms with Crippen molar-refractivity contribution in [3.05, 3.63) is 139 Å². The van der Waals surface area contributed by atoms with Gasteiger partial charge in [-0.05, 0) is 39.9 Å². The molecule has 19 nitrogen and oxygen atoms in total. The Morgan fingerprint density at radius 2 is 1.22 bits per heavy atom. The monoisotopic (exact) mass is 740 g/mol. The number of ether oxygens (including phenoxy) is 6. The molecule has 0 unspecified atom stereocenters. The van der Waals surface area contributed by atoms with Crippen LogP contribution in [0.15, 0.2) is 100 Å². The van der Waals surface area contributed by atoms with Gasteiger partial charge in [0, 0.05) is 21.8 Å². The van der Waals surface area contributed by atoms with Crippen molar-refractivity contribution in [2.75, 3.05) is 20.2 Å². The van der Waals surface area contributed by atoms with Gasteiger partial charge in [-0.3, -0.25) is 14.5 Å². The van der Waals surface area contributed by atoms with E-state index in [0.717, 1.165) is 16.0 Å². The van der Waals surface area contributed by atoms with Crippen molar-refractivity contribution in [3.63, 3.8) is 0 Å². The molecule has 3 heterocycles. The van der Waals surface area contributed by atoms with Crippen LogP contribution in [0.3, 0.4) is 0 Å². The van der Waals surface area contributed by atoms with Crippen LogP contribution in [-0.4, -0.2) is 103 Å². The van der Waals surface area contributed by atoms with Gasteiger partial charge in [0.25, 0.3) is 11.8 Å². The van der Waals surface area contributed by atoms with Crippen molar-refractivity contribution < 1.29 is 43.1 Å². The zero-order valence-corrected chi connectivity index (χ0v) is 28.9. The van der Waals surface area contributed by atoms with Gasteiger partial charge in [-0.2, -0.15) is 0 Å². The highest BCUT2D eigenvalue weighted by Crippen LogP contribution is 2.36. The second-order valence-corrected chi connectivity index (χ2v) is 12.5. The van der Waals surface area contributed by atoms with Crippen LogP contribution in [0.25, 0.3) is 31.3 Å². The maximum atomic E-state index is 13.4. The van der Waals surface area contributed by atoms with Gasteiger partial charge in [0.05, 0.1) is 49.6 Å². The number of hydrogen-bond donors (Lipinski definition) is 1. The number of carbonyl (C=O) groups excluding carboxylic acids is 2. The van der Waals surface area contributed by atoms with Crippen LogP contribution in [-0.2, 0) is 41.6 Å². The minimum absolute atomic E-state index is 0.0165. The fourth-order valence-electron chi connectivity index (χ4n) is 6.70. The Balaban J connectivity index is 1.37. The maximum Gasteiger partial charge on any atom is 0.261 e. The van der Waals surface area contributed by atoms with E-state index in [1.165, 1.54) is 19.2 Å². The molecule has 10 atom stereocenters. The van der Waals surface area contributed by atoms with E-state index in [4.69, 9.17) is 28.4 Å². The van der Waals surface area contributed by atoms with Gasteiger partial charge in [0.1, 0.15) is 36.5 Å². The largest absolute Gasteiger partial charge is 0.388 e. The third kappa shape index (κ3) is 8.31. The summed E-state index contributed by atoms with van der Waals surface area (Å²) < 4.78 is 37.1. The van der Waals surface area contributed by atoms with Crippen molar-refractivity contribution in [3.8, 4) is 0 Å². The van der Waals surface area contributed by atoms with Crippen LogP contribution >= 0.6 is 0 Å². The first-order valence-corrected chi connectivity index (χ1v) is 16.9. The van der Waals surface area contributed by atoms with Crippen molar-refractivity contribution in [2.45, 2.75) is 74.5 Å². The number of methoxy groups -OCH3 is 1. The summed E-state index contributed by atoms with van der Waals surface area (Å²) in [6.07, 6.45) is -10.4. The fraction of sp³-hybridized carbons (Fsp3) is 0.429. The predicted molar refractivity (Wildman–Crippen MR) is 187 cm³/mol. The number of azide groups is 3. The standard InChI is InChI=1S/C35H36N10O9/c1-49-34-27(41-44-38)31(51-19-21-12-6-3-7-13-21)29(24(52-34)16-39-42-36)54-35-26(40-43-37)30(50-18-20-10-4-2-5-11-20)28(46)25(53-35)17-45-32(47)22-14-8-9-15-23(22)33(45)48/h2-15,24-31,34-35,46H,16-19H2,1H3/t24-,25-,26-,27-,28-,29-,30-,31-,34+,35-/m1/s1. The average molecular weight is 741 g/mol. The molecule has 6 rings (SSSR count). The number of amides is 2. The Bertz CT molecular complexity index is 1890. The molecule has 280 valence electrons. The first kappa shape index (κ1) is 38.2. The molecule has 3 aromatic rings. The quantitative estimate of drug-likeness (QED) is 0.0953. The summed E-state index contributed by atoms with van der Waals surface area (Å²) in [6, 6.07) is 21.9. The highest BCUT2D eigenvalue weighted by Gasteiger charge is 2.53. The van der Waals surface area contributed by atoms with E-state index in [2.05, 4.69) is 30.1 Å². The molecule has 54 heavy (non-hydrogen) atoms. The zero-order chi connectivity index (χ0) is 38.0. The van der Waals surface area contributed by atoms with Crippen LogP contribution < -0.4 is 0 Å². The molecular weight excluding hydrogens is 704 g/mol. The molecular formula is C35H36N10O9. The van der Waals surface area contributed by atoms with Gasteiger partial charge in [-0.25, -0.2) is 0 Å². The molecule has 2 amide bonds. The zero-order valence-electron chi connectivity index (χ0n) is 28.9. The number of aliphatic hydroxyl groups excluding tert-OH is 1. The third-order valence-electron chi connectivity index (χ3n) is 9.29. The summed E-state index contributed by atoms with van der Waals surface area (Å²) in [5, 5.41) is 23.3. The number of carbonyl (C=O) groups is 2. The molecule has 3 aromatic carbocycles. The number of rotatable bonds is 15. The molecule has 2 saturated heterocycles. The van der Waals surface area contributed by atoms with E-state index in [1.807, 2.05) is 36.4 Å². The average Bonchev–Trinajstić information content (AvgIpc) is 3.44. The van der Waals surface area contributed by atoms with E-state index in [9.17, 15) is 31.3 Å². The van der Waals surface area contributed by atoms with E-state index in [0.29, 0.717) is 0 Å². The number of imide groups is 1. The van der Waals surface area contributed by atoms with E-state index < -0.39 is 79.6 Å². The Hall–Kier alpha value is -5.55. The SMILES string of the molecule is CO[C@H]1O[C@H](CN=[N+]=[N-])[C@@H](O[C@H]2O[C@H](CN3C(=O)c4ccccc4C3=O)[C@@H](O)[C@H](OCc3ccccc3)[C@H]2N=[N+]=[N-])[C@H](OCc2ccccc2)[C@H]1N=[N+]=[N-]. The Morgan fingerprint density at radius 1 is 0.704 bits per heavy atom. The fourth-order valence-corrected chi connectivity index (χ4v) is 6.70. The highest BCUT2D eigenvalue weighted by atomic mass is 16.7. The molecule has 0 radical (unpaired) electrons. The molecule has 0 aliphatic carbocycles. The number of fused-ring (bicyclic) bond motifs is 1. The van der Waals surface area contributed by atoms with E-state index in [-0.39, 0.29) is 30.9 Å². The number of benzene rings is 3. The minimum Gasteiger partial charge on any atom is -0.388 e. The maximum absolute atomic E-state index is 13.4. The van der Waals surface area contributed by atoms with Crippen LogP contribution in [0.2, 0.25) is 0 Å². The molecule has 0 aromatic heterocycles. The van der Waals surface area contributed by atoms with Crippen LogP contribution in [0.1, 0.15) is 31.8 Å². The van der Waals surface area contributed by atoms with Gasteiger partial charge in [0.2, 0.25) is 0 Å². The molecule has 2 fully saturated rings. The van der Waals surface area contributed by atoms with Crippen molar-refractivity contribution in [2.24, 2.45) is 15.3 Å². The number of nitrogens with zero attached hydrogens (tertiary/aromatic N) is 10. The van der Waals surface area contributed by atoms with Gasteiger partial charge in [0.15, 0.2) is 12.6 Å². The molecule has 0 bridgehead atoms. The minimum atomic E-state index is -1.55. The summed E-state index contributed by atoms with van der Waals surface area (Å²) in [5.74, 6) is -1.18. The van der Waals surface area contributed by atoms with Gasteiger partial charge < -0.3 is 33.5 Å². The highest BCUT2D eigenvalue weighted by molar-refractivity contribution is 6.21. The topological polar surface area (TPSA) is 259 Å². The van der Waals surface area contributed by atoms with Crippen LogP contribution in [0, 0.1) is 0 Å². The van der Waals surface area contributed by atoms with E-state index >= 15 is 0 Å². The van der Waals surface area contributed by atoms with E-state index in [1.54, 1.807) is 36.4 Å². The summed E-state index contributed by atoms with van der Waals surface area (Å²) in [6.45, 7) is -0.743. The molecule has 0 spiro atoms. The lowest BCUT2D eigenvalue weighted by Gasteiger charge is -2.48. The summed E-state index contributed by atoms with van der Waals surface area (Å²) >= 11 is 0. The Kier molecular flexibility index (Phi) is 12.7. The van der Waals surface area contributed by atoms with Gasteiger partial charge in [-0.1, -0.05) is 88.1 Å². The lowest BCUT2D eigenvalue weighted by atomic mass is 9.94. The Morgan fingerprint density at radius 3 is 1.76 bits per heavy atom. The lowest BCUT2D eigenvalue weighted by Crippen LogP contribution is -2.65. The summed E-state index contributed by atoms with van der Waals surface area (Å²) in [7, 11) is 1.34. The second-order valence-electron chi connectivity index (χ2n) is 12.5. The summed E-state index contributed by atoms with van der Waals surface area (Å²) in [5.41, 5.74) is 30.4. The third-order valence-corrected chi connectivity index (χ3v) is 9.29. The molecule has 1 N–H and O–H groups in total. The summed E-state index contributed by atoms with van der Waals surface area (Å²) in [4.78, 5) is 36.6.